The van der Waals surface area contributed by atoms with E-state index in [1.807, 2.05) is 0 Å². The number of allylic oxidation sites excluding steroid dienone is 3. The van der Waals surface area contributed by atoms with Crippen molar-refractivity contribution >= 4 is 49.5 Å². The fourth-order valence-electron chi connectivity index (χ4n) is 12.7. The van der Waals surface area contributed by atoms with Crippen molar-refractivity contribution in [2.45, 2.75) is 44.6 Å². The molecule has 10 aromatic rings. The second-order valence-electron chi connectivity index (χ2n) is 19.1. The molecular formula is C64H49NO. The molecule has 0 spiro atoms. The third-order valence-corrected chi connectivity index (χ3v) is 15.5. The number of hydrogen-bond donors (Lipinski definition) is 0. The van der Waals surface area contributed by atoms with Gasteiger partial charge in [0.2, 0.25) is 0 Å². The zero-order chi connectivity index (χ0) is 44.3. The van der Waals surface area contributed by atoms with Crippen molar-refractivity contribution in [2.24, 2.45) is 5.92 Å². The van der Waals surface area contributed by atoms with Gasteiger partial charge in [-0.05, 0) is 110 Å². The molecule has 0 fully saturated rings. The SMILES string of the molecule is CC1C(c2ccccc2)=CC2(C)C3=C1C(C)c1c(oc4ccccc14)C3(C)N(c1ccc(-c3ccc(-c4cccc(-c5ccccc5)c4)cc3)cc1)c1c2c2ccccc2c2ccccc12. The minimum atomic E-state index is -0.687. The molecule has 0 bridgehead atoms. The van der Waals surface area contributed by atoms with Crippen molar-refractivity contribution in [2.75, 3.05) is 4.90 Å². The van der Waals surface area contributed by atoms with E-state index in [1.54, 1.807) is 0 Å². The number of nitrogens with zero attached hydrogens (tertiary/aromatic N) is 1. The zero-order valence-corrected chi connectivity index (χ0v) is 37.7. The highest BCUT2D eigenvalue weighted by atomic mass is 16.3. The second kappa shape index (κ2) is 14.4. The van der Waals surface area contributed by atoms with Crippen molar-refractivity contribution < 1.29 is 4.42 Å². The van der Waals surface area contributed by atoms with Crippen LogP contribution in [0, 0.1) is 5.92 Å². The second-order valence-corrected chi connectivity index (χ2v) is 19.1. The quantitative estimate of drug-likeness (QED) is 0.127. The van der Waals surface area contributed by atoms with Gasteiger partial charge in [0.1, 0.15) is 16.9 Å². The standard InChI is InChI=1S/C64H49NO/c1-40-55(46-20-9-6-10-21-46)39-63(3)59-52-26-13-11-24-50(52)51-25-12-14-27-53(51)60(59)65(64(4)61(63)57(40)41(2)58-54-28-15-16-29-56(54)66-62(58)64)49-36-34-44(35-37-49)43-30-32-45(33-31-43)48-23-17-22-47(38-48)42-18-7-5-8-19-42/h5-41H,1-4H3. The maximum Gasteiger partial charge on any atom is 0.139 e. The third kappa shape index (κ3) is 5.42. The molecule has 0 N–H and O–H groups in total. The lowest BCUT2D eigenvalue weighted by Gasteiger charge is -2.60. The predicted octanol–water partition coefficient (Wildman–Crippen LogP) is 17.2. The molecule has 4 atom stereocenters. The Morgan fingerprint density at radius 2 is 0.924 bits per heavy atom. The monoisotopic (exact) mass is 847 g/mol. The molecule has 66 heavy (non-hydrogen) atoms. The van der Waals surface area contributed by atoms with Gasteiger partial charge in [-0.15, -0.1) is 0 Å². The molecular weight excluding hydrogens is 799 g/mol. The first-order chi connectivity index (χ1) is 32.3. The number of para-hydroxylation sites is 1. The van der Waals surface area contributed by atoms with Crippen LogP contribution in [-0.4, -0.2) is 0 Å². The van der Waals surface area contributed by atoms with Crippen LogP contribution in [0.25, 0.3) is 71.5 Å². The van der Waals surface area contributed by atoms with E-state index in [2.05, 4.69) is 245 Å². The molecule has 1 aromatic heterocycles. The van der Waals surface area contributed by atoms with Crippen LogP contribution in [0.1, 0.15) is 56.1 Å². The van der Waals surface area contributed by atoms with Gasteiger partial charge in [0.25, 0.3) is 0 Å². The van der Waals surface area contributed by atoms with Gasteiger partial charge in [-0.2, -0.15) is 0 Å². The van der Waals surface area contributed by atoms with E-state index in [4.69, 9.17) is 4.42 Å². The number of anilines is 2. The van der Waals surface area contributed by atoms with Crippen LogP contribution >= 0.6 is 0 Å². The summed E-state index contributed by atoms with van der Waals surface area (Å²) in [6, 6.07) is 75.8. The van der Waals surface area contributed by atoms with Gasteiger partial charge in [0, 0.05) is 39.3 Å². The Kier molecular flexibility index (Phi) is 8.46. The largest absolute Gasteiger partial charge is 0.458 e. The summed E-state index contributed by atoms with van der Waals surface area (Å²) in [6.07, 6.45) is 2.65. The summed E-state index contributed by atoms with van der Waals surface area (Å²) in [5.41, 5.74) is 17.7. The van der Waals surface area contributed by atoms with Crippen LogP contribution < -0.4 is 4.90 Å². The van der Waals surface area contributed by atoms with E-state index in [9.17, 15) is 0 Å². The fourth-order valence-corrected chi connectivity index (χ4v) is 12.7. The summed E-state index contributed by atoms with van der Waals surface area (Å²) in [5, 5.41) is 6.28. The number of rotatable bonds is 5. The highest BCUT2D eigenvalue weighted by Crippen LogP contribution is 2.69. The Balaban J connectivity index is 1.05. The minimum Gasteiger partial charge on any atom is -0.458 e. The van der Waals surface area contributed by atoms with Gasteiger partial charge < -0.3 is 9.32 Å². The lowest BCUT2D eigenvalue weighted by atomic mass is 9.52. The van der Waals surface area contributed by atoms with Crippen LogP contribution in [0.3, 0.4) is 0 Å². The molecule has 0 amide bonds. The van der Waals surface area contributed by atoms with E-state index >= 15 is 0 Å². The number of furan rings is 1. The maximum absolute atomic E-state index is 7.33. The smallest absolute Gasteiger partial charge is 0.139 e. The Morgan fingerprint density at radius 1 is 0.439 bits per heavy atom. The zero-order valence-electron chi connectivity index (χ0n) is 37.7. The predicted molar refractivity (Wildman–Crippen MR) is 276 cm³/mol. The Labute approximate surface area is 386 Å². The molecule has 13 rings (SSSR count). The highest BCUT2D eigenvalue weighted by molar-refractivity contribution is 6.18. The summed E-state index contributed by atoms with van der Waals surface area (Å²) in [4.78, 5) is 2.68. The first-order valence-corrected chi connectivity index (χ1v) is 23.5. The van der Waals surface area contributed by atoms with Crippen molar-refractivity contribution in [3.63, 3.8) is 0 Å². The first kappa shape index (κ1) is 38.8. The van der Waals surface area contributed by atoms with Crippen LogP contribution in [0.5, 0.6) is 0 Å². The van der Waals surface area contributed by atoms with Crippen LogP contribution in [0.4, 0.5) is 11.4 Å². The van der Waals surface area contributed by atoms with Gasteiger partial charge in [-0.1, -0.05) is 207 Å². The molecule has 316 valence electrons. The van der Waals surface area contributed by atoms with Gasteiger partial charge >= 0.3 is 0 Å². The van der Waals surface area contributed by atoms with Crippen molar-refractivity contribution in [1.29, 1.82) is 0 Å². The minimum absolute atomic E-state index is 0.134. The van der Waals surface area contributed by atoms with Gasteiger partial charge in [-0.25, -0.2) is 0 Å². The van der Waals surface area contributed by atoms with Crippen LogP contribution in [-0.2, 0) is 11.0 Å². The molecule has 3 aliphatic rings. The van der Waals surface area contributed by atoms with Gasteiger partial charge in [-0.3, -0.25) is 0 Å². The first-order valence-electron chi connectivity index (χ1n) is 23.5. The number of hydrogen-bond acceptors (Lipinski definition) is 2. The van der Waals surface area contributed by atoms with Crippen molar-refractivity contribution in [3.05, 3.63) is 246 Å². The summed E-state index contributed by atoms with van der Waals surface area (Å²) in [7, 11) is 0. The molecule has 1 aliphatic heterocycles. The third-order valence-electron chi connectivity index (χ3n) is 15.5. The van der Waals surface area contributed by atoms with E-state index in [0.29, 0.717) is 0 Å². The van der Waals surface area contributed by atoms with Gasteiger partial charge in [0.05, 0.1) is 5.69 Å². The molecule has 0 saturated carbocycles. The van der Waals surface area contributed by atoms with Crippen LogP contribution in [0.15, 0.2) is 228 Å². The lowest BCUT2D eigenvalue weighted by Crippen LogP contribution is -2.56. The Morgan fingerprint density at radius 3 is 1.58 bits per heavy atom. The lowest BCUT2D eigenvalue weighted by molar-refractivity contribution is 0.350. The molecule has 2 aliphatic carbocycles. The molecule has 0 saturated heterocycles. The van der Waals surface area contributed by atoms with Crippen LogP contribution in [0.2, 0.25) is 0 Å². The summed E-state index contributed by atoms with van der Waals surface area (Å²) in [5.74, 6) is 1.35. The van der Waals surface area contributed by atoms with E-state index in [1.165, 1.54) is 99.4 Å². The van der Waals surface area contributed by atoms with Crippen molar-refractivity contribution in [1.82, 2.24) is 0 Å². The van der Waals surface area contributed by atoms with E-state index < -0.39 is 11.0 Å². The van der Waals surface area contributed by atoms with Crippen molar-refractivity contribution in [3.8, 4) is 33.4 Å². The van der Waals surface area contributed by atoms with E-state index in [-0.39, 0.29) is 11.8 Å². The highest BCUT2D eigenvalue weighted by Gasteiger charge is 2.61. The number of fused-ring (bicyclic) bond motifs is 11. The number of benzene rings is 9. The normalized spacial score (nSPS) is 20.8. The summed E-state index contributed by atoms with van der Waals surface area (Å²) < 4.78 is 7.33. The average Bonchev–Trinajstić information content (AvgIpc) is 3.78. The molecule has 2 nitrogen and oxygen atoms in total. The Hall–Kier alpha value is -7.68. The average molecular weight is 848 g/mol. The molecule has 9 aromatic carbocycles. The topological polar surface area (TPSA) is 16.4 Å². The summed E-state index contributed by atoms with van der Waals surface area (Å²) in [6.45, 7) is 9.86. The molecule has 4 unspecified atom stereocenters. The van der Waals surface area contributed by atoms with Gasteiger partial charge in [0.15, 0.2) is 0 Å². The summed E-state index contributed by atoms with van der Waals surface area (Å²) >= 11 is 0. The molecule has 0 radical (unpaired) electrons. The van der Waals surface area contributed by atoms with E-state index in [0.717, 1.165) is 17.0 Å². The fraction of sp³-hybridized carbons (Fsp3) is 0.125. The maximum atomic E-state index is 7.33. The Bertz CT molecular complexity index is 3630. The molecule has 2 heteroatoms. The molecule has 2 heterocycles.